The number of hydrogen-bond acceptors (Lipinski definition) is 6. The second kappa shape index (κ2) is 11.9. The highest BCUT2D eigenvalue weighted by atomic mass is 32.1. The van der Waals surface area contributed by atoms with Crippen molar-refractivity contribution in [3.63, 3.8) is 0 Å². The molecular formula is C36H30N4O3S. The molecule has 0 radical (unpaired) electrons. The van der Waals surface area contributed by atoms with Gasteiger partial charge in [0.05, 0.1) is 47.5 Å². The highest BCUT2D eigenvalue weighted by molar-refractivity contribution is 7.80. The van der Waals surface area contributed by atoms with Gasteiger partial charge >= 0.3 is 5.97 Å². The van der Waals surface area contributed by atoms with Crippen LogP contribution in [0.2, 0.25) is 0 Å². The van der Waals surface area contributed by atoms with Gasteiger partial charge in [-0.05, 0) is 60.0 Å². The maximum atomic E-state index is 12.4. The second-order valence-electron chi connectivity index (χ2n) is 10.7. The first kappa shape index (κ1) is 27.7. The van der Waals surface area contributed by atoms with Crippen LogP contribution >= 0.6 is 12.6 Å². The fraction of sp³-hybridized carbons (Fsp3) is 0.139. The number of carbonyl (C=O) groups excluding carboxylic acids is 1. The Labute approximate surface area is 260 Å². The number of furan rings is 1. The molecule has 7 rings (SSSR count). The monoisotopic (exact) mass is 598 g/mol. The van der Waals surface area contributed by atoms with Crippen LogP contribution < -0.4 is 0 Å². The third-order valence-corrected chi connectivity index (χ3v) is 8.44. The summed E-state index contributed by atoms with van der Waals surface area (Å²) >= 11 is 4.73. The number of carbonyl (C=O) groups is 1. The van der Waals surface area contributed by atoms with Gasteiger partial charge in [-0.2, -0.15) is 0 Å². The van der Waals surface area contributed by atoms with E-state index in [1.165, 1.54) is 18.2 Å². The summed E-state index contributed by atoms with van der Waals surface area (Å²) in [7, 11) is 1.39. The van der Waals surface area contributed by atoms with Gasteiger partial charge in [0.2, 0.25) is 0 Å². The quantitative estimate of drug-likeness (QED) is 0.135. The second-order valence-corrected chi connectivity index (χ2v) is 11.1. The summed E-state index contributed by atoms with van der Waals surface area (Å²) in [5, 5.41) is 0.590. The largest absolute Gasteiger partial charge is 0.467 e. The first-order chi connectivity index (χ1) is 21.6. The number of aromatic nitrogens is 4. The predicted octanol–water partition coefficient (Wildman–Crippen LogP) is 7.99. The number of para-hydroxylation sites is 1. The van der Waals surface area contributed by atoms with Crippen molar-refractivity contribution >= 4 is 40.7 Å². The van der Waals surface area contributed by atoms with E-state index in [1.54, 1.807) is 18.4 Å². The van der Waals surface area contributed by atoms with Crippen LogP contribution in [0.3, 0.4) is 0 Å². The molecule has 0 N–H and O–H groups in total. The molecule has 0 unspecified atom stereocenters. The smallest absolute Gasteiger partial charge is 0.337 e. The van der Waals surface area contributed by atoms with Crippen molar-refractivity contribution < 1.29 is 13.9 Å². The minimum Gasteiger partial charge on any atom is -0.467 e. The van der Waals surface area contributed by atoms with Crippen LogP contribution in [0.1, 0.15) is 39.6 Å². The predicted molar refractivity (Wildman–Crippen MR) is 174 cm³/mol. The summed E-state index contributed by atoms with van der Waals surface area (Å²) in [6.07, 6.45) is 2.51. The van der Waals surface area contributed by atoms with Gasteiger partial charge in [-0.1, -0.05) is 66.7 Å². The number of nitrogens with zero attached hydrogens (tertiary/aromatic N) is 4. The molecule has 44 heavy (non-hydrogen) atoms. The Balaban J connectivity index is 1.39. The van der Waals surface area contributed by atoms with Crippen molar-refractivity contribution in [1.82, 2.24) is 19.1 Å². The number of aryl methyl sites for hydroxylation is 1. The number of esters is 1. The van der Waals surface area contributed by atoms with Crippen molar-refractivity contribution in [3.8, 4) is 11.4 Å². The lowest BCUT2D eigenvalue weighted by Crippen LogP contribution is -2.09. The summed E-state index contributed by atoms with van der Waals surface area (Å²) < 4.78 is 15.0. The lowest BCUT2D eigenvalue weighted by molar-refractivity contribution is 0.0601. The summed E-state index contributed by atoms with van der Waals surface area (Å²) in [6, 6.07) is 36.7. The van der Waals surface area contributed by atoms with Crippen LogP contribution in [0.5, 0.6) is 0 Å². The summed E-state index contributed by atoms with van der Waals surface area (Å²) in [5.74, 6) is 1.39. The molecule has 218 valence electrons. The number of benzene rings is 4. The summed E-state index contributed by atoms with van der Waals surface area (Å²) in [5.41, 5.74) is 7.30. The number of imidazole rings is 2. The van der Waals surface area contributed by atoms with Gasteiger partial charge < -0.3 is 18.3 Å². The Morgan fingerprint density at radius 2 is 1.59 bits per heavy atom. The average Bonchev–Trinajstić information content (AvgIpc) is 3.79. The molecule has 7 nitrogen and oxygen atoms in total. The molecule has 0 aliphatic rings. The topological polar surface area (TPSA) is 75.1 Å². The van der Waals surface area contributed by atoms with Crippen molar-refractivity contribution in [1.29, 1.82) is 0 Å². The number of hydrogen-bond donors (Lipinski definition) is 1. The van der Waals surface area contributed by atoms with Crippen LogP contribution in [0.25, 0.3) is 33.5 Å². The molecule has 7 aromatic rings. The van der Waals surface area contributed by atoms with Crippen molar-refractivity contribution in [2.75, 3.05) is 7.11 Å². The van der Waals surface area contributed by atoms with Gasteiger partial charge in [0.1, 0.15) is 11.6 Å². The maximum Gasteiger partial charge on any atom is 0.337 e. The number of ether oxygens (including phenoxy) is 1. The van der Waals surface area contributed by atoms with Gasteiger partial charge in [-0.15, -0.1) is 12.6 Å². The van der Waals surface area contributed by atoms with Crippen LogP contribution in [0, 0.1) is 0 Å². The Morgan fingerprint density at radius 1 is 0.841 bits per heavy atom. The zero-order chi connectivity index (χ0) is 30.0. The molecule has 0 atom stereocenters. The van der Waals surface area contributed by atoms with E-state index < -0.39 is 5.97 Å². The SMILES string of the molecule is COC(=O)c1ccc2c(c1)nc(-c1cccc3nc(S)n(Cc4ccco4)c13)n2CCC(c1ccccc1)c1ccccc1. The van der Waals surface area contributed by atoms with Gasteiger partial charge in [0.15, 0.2) is 5.16 Å². The normalized spacial score (nSPS) is 11.5. The Morgan fingerprint density at radius 3 is 2.27 bits per heavy atom. The fourth-order valence-electron chi connectivity index (χ4n) is 6.02. The fourth-order valence-corrected chi connectivity index (χ4v) is 6.30. The summed E-state index contributed by atoms with van der Waals surface area (Å²) in [4.78, 5) is 22.3. The highest BCUT2D eigenvalue weighted by Gasteiger charge is 2.22. The molecule has 0 spiro atoms. The highest BCUT2D eigenvalue weighted by Crippen LogP contribution is 2.35. The molecule has 0 fully saturated rings. The lowest BCUT2D eigenvalue weighted by atomic mass is 9.88. The zero-order valence-corrected chi connectivity index (χ0v) is 25.0. The molecule has 8 heteroatoms. The minimum absolute atomic E-state index is 0.182. The maximum absolute atomic E-state index is 12.4. The number of rotatable bonds is 9. The molecule has 0 aliphatic heterocycles. The van der Waals surface area contributed by atoms with E-state index in [1.807, 2.05) is 47.0 Å². The van der Waals surface area contributed by atoms with E-state index in [4.69, 9.17) is 31.8 Å². The van der Waals surface area contributed by atoms with Gasteiger partial charge in [0, 0.05) is 18.0 Å². The third-order valence-electron chi connectivity index (χ3n) is 8.10. The zero-order valence-electron chi connectivity index (χ0n) is 24.1. The first-order valence-electron chi connectivity index (χ1n) is 14.5. The summed E-state index contributed by atoms with van der Waals surface area (Å²) in [6.45, 7) is 1.17. The molecular weight excluding hydrogens is 568 g/mol. The Hall–Kier alpha value is -5.08. The first-order valence-corrected chi connectivity index (χ1v) is 14.9. The molecule has 0 saturated carbocycles. The van der Waals surface area contributed by atoms with Crippen molar-refractivity contribution in [2.24, 2.45) is 0 Å². The molecule has 0 saturated heterocycles. The number of thiol groups is 1. The van der Waals surface area contributed by atoms with E-state index >= 15 is 0 Å². The van der Waals surface area contributed by atoms with Crippen LogP contribution in [0.15, 0.2) is 125 Å². The van der Waals surface area contributed by atoms with Crippen LogP contribution in [-0.4, -0.2) is 32.2 Å². The van der Waals surface area contributed by atoms with Gasteiger partial charge in [0.25, 0.3) is 0 Å². The van der Waals surface area contributed by atoms with Crippen LogP contribution in [0.4, 0.5) is 0 Å². The molecule has 0 amide bonds. The Kier molecular flexibility index (Phi) is 7.50. The van der Waals surface area contributed by atoms with E-state index in [0.29, 0.717) is 23.8 Å². The van der Waals surface area contributed by atoms with E-state index in [2.05, 4.69) is 59.2 Å². The number of methoxy groups -OCH3 is 1. The van der Waals surface area contributed by atoms with Crippen molar-refractivity contribution in [2.45, 2.75) is 30.6 Å². The molecule has 4 aromatic carbocycles. The molecule has 3 heterocycles. The van der Waals surface area contributed by atoms with Crippen molar-refractivity contribution in [3.05, 3.63) is 138 Å². The van der Waals surface area contributed by atoms with E-state index in [0.717, 1.165) is 45.6 Å². The number of fused-ring (bicyclic) bond motifs is 2. The minimum atomic E-state index is -0.394. The average molecular weight is 599 g/mol. The van der Waals surface area contributed by atoms with E-state index in [9.17, 15) is 4.79 Å². The van der Waals surface area contributed by atoms with Gasteiger partial charge in [-0.3, -0.25) is 0 Å². The third kappa shape index (κ3) is 5.18. The molecule has 3 aromatic heterocycles. The van der Waals surface area contributed by atoms with E-state index in [-0.39, 0.29) is 5.92 Å². The van der Waals surface area contributed by atoms with Gasteiger partial charge in [-0.25, -0.2) is 14.8 Å². The van der Waals surface area contributed by atoms with Crippen LogP contribution in [-0.2, 0) is 17.8 Å². The molecule has 0 bridgehead atoms. The molecule has 0 aliphatic carbocycles. The standard InChI is InChI=1S/C36H30N4O3S/c1-42-35(41)26-17-18-32-31(22-26)37-34(29-15-8-16-30-33(29)40(36(44)38-30)23-27-14-9-21-43-27)39(32)20-19-28(24-10-4-2-5-11-24)25-12-6-3-7-13-25/h2-18,21-22,28H,19-20,23H2,1H3,(H,38,44). The Bertz CT molecular complexity index is 2030. The lowest BCUT2D eigenvalue weighted by Gasteiger charge is -2.20.